The third kappa shape index (κ3) is 8.04. The van der Waals surface area contributed by atoms with Crippen molar-refractivity contribution in [3.63, 3.8) is 0 Å². The van der Waals surface area contributed by atoms with Gasteiger partial charge in [-0.15, -0.1) is 0 Å². The summed E-state index contributed by atoms with van der Waals surface area (Å²) in [6.07, 6.45) is 4.72. The summed E-state index contributed by atoms with van der Waals surface area (Å²) in [7, 11) is 0. The molecule has 22 heavy (non-hydrogen) atoms. The highest BCUT2D eigenvalue weighted by Gasteiger charge is 2.26. The predicted molar refractivity (Wildman–Crippen MR) is 93.2 cm³/mol. The molecule has 130 valence electrons. The summed E-state index contributed by atoms with van der Waals surface area (Å²) in [6, 6.07) is 0. The molecule has 4 nitrogen and oxygen atoms in total. The number of nitrogens with one attached hydrogen (secondary N) is 2. The van der Waals surface area contributed by atoms with Crippen LogP contribution in [-0.2, 0) is 9.59 Å². The van der Waals surface area contributed by atoms with E-state index in [1.807, 2.05) is 27.7 Å². The van der Waals surface area contributed by atoms with Crippen LogP contribution in [0.2, 0.25) is 0 Å². The lowest BCUT2D eigenvalue weighted by molar-refractivity contribution is -0.122. The van der Waals surface area contributed by atoms with Gasteiger partial charge in [0.2, 0.25) is 0 Å². The van der Waals surface area contributed by atoms with E-state index in [0.717, 1.165) is 19.5 Å². The van der Waals surface area contributed by atoms with Crippen molar-refractivity contribution in [2.24, 2.45) is 5.92 Å². The normalized spacial score (nSPS) is 12.7. The molecule has 0 aliphatic rings. The molecule has 4 heteroatoms. The van der Waals surface area contributed by atoms with Gasteiger partial charge in [0.05, 0.1) is 11.1 Å². The van der Waals surface area contributed by atoms with Gasteiger partial charge in [0.15, 0.2) is 0 Å². The molecule has 0 aromatic rings. The Labute approximate surface area is 136 Å². The molecule has 0 aromatic heterocycles. The van der Waals surface area contributed by atoms with Crippen LogP contribution in [-0.4, -0.2) is 35.7 Å². The van der Waals surface area contributed by atoms with Crippen LogP contribution < -0.4 is 10.6 Å². The van der Waals surface area contributed by atoms with Crippen LogP contribution in [0.4, 0.5) is 0 Å². The van der Waals surface area contributed by atoms with Crippen molar-refractivity contribution in [3.05, 3.63) is 0 Å². The smallest absolute Gasteiger partial charge is 0.149 e. The first kappa shape index (κ1) is 21.3. The SMILES string of the molecule is CCCCCC(CNC(C)(C)C(C)=O)CNC(C)(C)C(C)=O. The molecule has 2 N–H and O–H groups in total. The fourth-order valence-electron chi connectivity index (χ4n) is 2.01. The van der Waals surface area contributed by atoms with Gasteiger partial charge in [-0.1, -0.05) is 26.2 Å². The van der Waals surface area contributed by atoms with Gasteiger partial charge in [0.25, 0.3) is 0 Å². The van der Waals surface area contributed by atoms with Crippen LogP contribution in [0.25, 0.3) is 0 Å². The fourth-order valence-corrected chi connectivity index (χ4v) is 2.01. The number of ketones is 2. The van der Waals surface area contributed by atoms with E-state index in [9.17, 15) is 9.59 Å². The van der Waals surface area contributed by atoms with E-state index in [-0.39, 0.29) is 11.6 Å². The van der Waals surface area contributed by atoms with Gasteiger partial charge in [-0.3, -0.25) is 9.59 Å². The molecular weight excluding hydrogens is 276 g/mol. The molecule has 0 radical (unpaired) electrons. The summed E-state index contributed by atoms with van der Waals surface area (Å²) in [6.45, 7) is 14.7. The molecule has 0 bridgehead atoms. The van der Waals surface area contributed by atoms with Crippen molar-refractivity contribution in [3.8, 4) is 0 Å². The zero-order valence-electron chi connectivity index (χ0n) is 15.6. The van der Waals surface area contributed by atoms with Crippen molar-refractivity contribution in [1.82, 2.24) is 10.6 Å². The Kier molecular flexibility index (Phi) is 9.09. The molecule has 0 aliphatic carbocycles. The average Bonchev–Trinajstić information content (AvgIpc) is 2.41. The van der Waals surface area contributed by atoms with E-state index in [0.29, 0.717) is 5.92 Å². The third-order valence-electron chi connectivity index (χ3n) is 4.64. The monoisotopic (exact) mass is 312 g/mol. The Balaban J connectivity index is 4.56. The Hall–Kier alpha value is -0.740. The maximum Gasteiger partial charge on any atom is 0.149 e. The first-order valence-electron chi connectivity index (χ1n) is 8.55. The topological polar surface area (TPSA) is 58.2 Å². The van der Waals surface area contributed by atoms with Crippen molar-refractivity contribution >= 4 is 11.6 Å². The molecule has 0 aliphatic heterocycles. The van der Waals surface area contributed by atoms with Crippen molar-refractivity contribution < 1.29 is 9.59 Å². The van der Waals surface area contributed by atoms with E-state index in [1.54, 1.807) is 13.8 Å². The first-order valence-corrected chi connectivity index (χ1v) is 8.55. The molecule has 0 spiro atoms. The van der Waals surface area contributed by atoms with E-state index in [4.69, 9.17) is 0 Å². The van der Waals surface area contributed by atoms with Crippen LogP contribution in [0, 0.1) is 5.92 Å². The minimum atomic E-state index is -0.487. The highest BCUT2D eigenvalue weighted by molar-refractivity contribution is 5.85. The summed E-state index contributed by atoms with van der Waals surface area (Å²) >= 11 is 0. The number of Topliss-reactive ketones (excluding diaryl/α,β-unsaturated/α-hetero) is 2. The zero-order chi connectivity index (χ0) is 17.4. The average molecular weight is 312 g/mol. The minimum absolute atomic E-state index is 0.150. The van der Waals surface area contributed by atoms with Crippen molar-refractivity contribution in [2.75, 3.05) is 13.1 Å². The number of carbonyl (C=O) groups is 2. The summed E-state index contributed by atoms with van der Waals surface area (Å²) in [5.41, 5.74) is -0.974. The number of rotatable bonds is 12. The predicted octanol–water partition coefficient (Wildman–Crippen LogP) is 3.10. The van der Waals surface area contributed by atoms with Gasteiger partial charge in [-0.2, -0.15) is 0 Å². The Morgan fingerprint density at radius 2 is 1.27 bits per heavy atom. The van der Waals surface area contributed by atoms with E-state index in [1.165, 1.54) is 19.3 Å². The van der Waals surface area contributed by atoms with Crippen LogP contribution in [0.5, 0.6) is 0 Å². The van der Waals surface area contributed by atoms with Crippen molar-refractivity contribution in [2.45, 2.75) is 85.2 Å². The molecule has 0 aromatic carbocycles. The van der Waals surface area contributed by atoms with Gasteiger partial charge in [-0.05, 0) is 53.9 Å². The van der Waals surface area contributed by atoms with Gasteiger partial charge < -0.3 is 10.6 Å². The molecular formula is C18H36N2O2. The summed E-state index contributed by atoms with van der Waals surface area (Å²) < 4.78 is 0. The maximum atomic E-state index is 11.6. The summed E-state index contributed by atoms with van der Waals surface area (Å²) in [4.78, 5) is 23.2. The highest BCUT2D eigenvalue weighted by Crippen LogP contribution is 2.13. The van der Waals surface area contributed by atoms with Crippen LogP contribution >= 0.6 is 0 Å². The van der Waals surface area contributed by atoms with Crippen LogP contribution in [0.15, 0.2) is 0 Å². The molecule has 0 heterocycles. The molecule has 0 amide bonds. The Morgan fingerprint density at radius 3 is 1.59 bits per heavy atom. The van der Waals surface area contributed by atoms with Gasteiger partial charge in [0, 0.05) is 13.1 Å². The number of carbonyl (C=O) groups excluding carboxylic acids is 2. The van der Waals surface area contributed by atoms with Crippen molar-refractivity contribution in [1.29, 1.82) is 0 Å². The third-order valence-corrected chi connectivity index (χ3v) is 4.64. The lowest BCUT2D eigenvalue weighted by Crippen LogP contribution is -2.51. The molecule has 0 atom stereocenters. The van der Waals surface area contributed by atoms with E-state index >= 15 is 0 Å². The second-order valence-electron chi connectivity index (χ2n) is 7.49. The second kappa shape index (κ2) is 9.41. The molecule has 0 fully saturated rings. The number of hydrogen-bond acceptors (Lipinski definition) is 4. The number of unbranched alkanes of at least 4 members (excludes halogenated alkanes) is 2. The standard InChI is InChI=1S/C18H36N2O2/c1-8-9-10-11-16(12-19-17(4,5)14(2)21)13-20-18(6,7)15(3)22/h16,19-20H,8-13H2,1-7H3. The molecule has 0 rings (SSSR count). The van der Waals surface area contributed by atoms with Crippen LogP contribution in [0.1, 0.15) is 74.1 Å². The zero-order valence-corrected chi connectivity index (χ0v) is 15.6. The van der Waals surface area contributed by atoms with E-state index < -0.39 is 11.1 Å². The lowest BCUT2D eigenvalue weighted by Gasteiger charge is -2.30. The van der Waals surface area contributed by atoms with Gasteiger partial charge in [-0.25, -0.2) is 0 Å². The van der Waals surface area contributed by atoms with E-state index in [2.05, 4.69) is 17.6 Å². The summed E-state index contributed by atoms with van der Waals surface area (Å²) in [5, 5.41) is 6.75. The Bertz CT molecular complexity index is 332. The summed E-state index contributed by atoms with van der Waals surface area (Å²) in [5.74, 6) is 0.720. The first-order chi connectivity index (χ1) is 10.0. The van der Waals surface area contributed by atoms with Gasteiger partial charge >= 0.3 is 0 Å². The Morgan fingerprint density at radius 1 is 0.864 bits per heavy atom. The second-order valence-corrected chi connectivity index (χ2v) is 7.49. The highest BCUT2D eigenvalue weighted by atomic mass is 16.1. The maximum absolute atomic E-state index is 11.6. The molecule has 0 unspecified atom stereocenters. The lowest BCUT2D eigenvalue weighted by atomic mass is 9.94. The minimum Gasteiger partial charge on any atom is -0.305 e. The van der Waals surface area contributed by atoms with Crippen LogP contribution in [0.3, 0.4) is 0 Å². The molecule has 0 saturated heterocycles. The number of hydrogen-bond donors (Lipinski definition) is 2. The largest absolute Gasteiger partial charge is 0.305 e. The fraction of sp³-hybridized carbons (Fsp3) is 0.889. The molecule has 0 saturated carbocycles. The van der Waals surface area contributed by atoms with Gasteiger partial charge in [0.1, 0.15) is 11.6 Å². The quantitative estimate of drug-likeness (QED) is 0.544.